The molecule has 0 spiro atoms. The minimum Gasteiger partial charge on any atom is -0.463 e. The zero-order chi connectivity index (χ0) is 6.85. The molecule has 0 aromatic rings. The Morgan fingerprint density at radius 2 is 2.56 bits per heavy atom. The highest BCUT2D eigenvalue weighted by Crippen LogP contribution is 2.02. The molecule has 52 valence electrons. The van der Waals surface area contributed by atoms with E-state index in [-0.39, 0.29) is 12.6 Å². The van der Waals surface area contributed by atoms with Crippen LogP contribution >= 0.6 is 0 Å². The summed E-state index contributed by atoms with van der Waals surface area (Å²) < 4.78 is 0. The maximum atomic E-state index is 10.1. The summed E-state index contributed by atoms with van der Waals surface area (Å²) in [7, 11) is 0. The summed E-state index contributed by atoms with van der Waals surface area (Å²) >= 11 is 0. The van der Waals surface area contributed by atoms with Crippen LogP contribution in [0.4, 0.5) is 4.79 Å². The van der Waals surface area contributed by atoms with Crippen molar-refractivity contribution < 1.29 is 14.7 Å². The maximum absolute atomic E-state index is 10.1. The number of hydrogen-bond acceptors (Lipinski definition) is 3. The summed E-state index contributed by atoms with van der Waals surface area (Å²) in [5.41, 5.74) is 5.33. The first-order valence-corrected chi connectivity index (χ1v) is 2.59. The second-order valence-electron chi connectivity index (χ2n) is 1.90. The van der Waals surface area contributed by atoms with Crippen LogP contribution in [0.15, 0.2) is 0 Å². The highest BCUT2D eigenvalue weighted by Gasteiger charge is 2.23. The second kappa shape index (κ2) is 2.20. The quantitative estimate of drug-likeness (QED) is 0.454. The molecule has 0 saturated carbocycles. The van der Waals surface area contributed by atoms with Gasteiger partial charge in [0.1, 0.15) is 0 Å². The predicted octanol–water partition coefficient (Wildman–Crippen LogP) is -0.761. The van der Waals surface area contributed by atoms with E-state index in [0.29, 0.717) is 6.61 Å². The number of nitrogens with zero attached hydrogens (tertiary/aromatic N) is 1. The zero-order valence-corrected chi connectivity index (χ0v) is 4.78. The number of hydrogen-bond donors (Lipinski definition) is 2. The first kappa shape index (κ1) is 6.31. The van der Waals surface area contributed by atoms with Gasteiger partial charge in [0.05, 0.1) is 19.2 Å². The molecule has 1 rings (SSSR count). The fourth-order valence-electron chi connectivity index (χ4n) is 0.637. The summed E-state index contributed by atoms with van der Waals surface area (Å²) in [6.07, 6.45) is -1.08. The van der Waals surface area contributed by atoms with Gasteiger partial charge < -0.3 is 10.8 Å². The first-order chi connectivity index (χ1) is 4.20. The van der Waals surface area contributed by atoms with E-state index in [1.54, 1.807) is 0 Å². The lowest BCUT2D eigenvalue weighted by Gasteiger charge is -2.06. The van der Waals surface area contributed by atoms with E-state index >= 15 is 0 Å². The van der Waals surface area contributed by atoms with Crippen LogP contribution in [0.5, 0.6) is 0 Å². The third-order valence-corrected chi connectivity index (χ3v) is 1.06. The van der Waals surface area contributed by atoms with Gasteiger partial charge in [-0.05, 0) is 0 Å². The second-order valence-corrected chi connectivity index (χ2v) is 1.90. The molecule has 1 saturated heterocycles. The molecular weight excluding hydrogens is 124 g/mol. The van der Waals surface area contributed by atoms with Crippen molar-refractivity contribution in [2.45, 2.75) is 6.04 Å². The van der Waals surface area contributed by atoms with Crippen molar-refractivity contribution in [3.63, 3.8) is 0 Å². The molecule has 0 aliphatic carbocycles. The Morgan fingerprint density at radius 1 is 1.89 bits per heavy atom. The Balaban J connectivity index is 2.39. The molecule has 5 nitrogen and oxygen atoms in total. The molecule has 9 heavy (non-hydrogen) atoms. The van der Waals surface area contributed by atoms with Gasteiger partial charge in [-0.25, -0.2) is 4.79 Å². The van der Waals surface area contributed by atoms with E-state index in [0.717, 1.165) is 5.06 Å². The standard InChI is InChI=1S/C4H8N2O3/c5-3-1-6(4(7)8)9-2-3/h3H,1-2,5H2,(H,7,8)/t3-/m1/s1. The number of carbonyl (C=O) groups is 1. The molecule has 0 bridgehead atoms. The molecule has 3 N–H and O–H groups in total. The number of rotatable bonds is 0. The van der Waals surface area contributed by atoms with Crippen LogP contribution in [0, 0.1) is 0 Å². The monoisotopic (exact) mass is 132 g/mol. The largest absolute Gasteiger partial charge is 0.463 e. The number of nitrogens with two attached hydrogens (primary N) is 1. The van der Waals surface area contributed by atoms with Gasteiger partial charge in [-0.1, -0.05) is 0 Å². The minimum absolute atomic E-state index is 0.166. The average Bonchev–Trinajstić information content (AvgIpc) is 2.14. The molecule has 1 fully saturated rings. The molecule has 5 heteroatoms. The van der Waals surface area contributed by atoms with E-state index in [1.165, 1.54) is 0 Å². The Bertz CT molecular complexity index is 127. The van der Waals surface area contributed by atoms with Crippen LogP contribution < -0.4 is 5.73 Å². The lowest BCUT2D eigenvalue weighted by molar-refractivity contribution is -0.0831. The Labute approximate surface area is 52.0 Å². The number of amides is 1. The van der Waals surface area contributed by atoms with E-state index in [1.807, 2.05) is 0 Å². The fourth-order valence-corrected chi connectivity index (χ4v) is 0.637. The van der Waals surface area contributed by atoms with Gasteiger partial charge in [0.25, 0.3) is 0 Å². The predicted molar refractivity (Wildman–Crippen MR) is 28.7 cm³/mol. The Kier molecular flexibility index (Phi) is 1.54. The normalized spacial score (nSPS) is 26.8. The molecule has 0 radical (unpaired) electrons. The fraction of sp³-hybridized carbons (Fsp3) is 0.750. The zero-order valence-electron chi connectivity index (χ0n) is 4.78. The summed E-state index contributed by atoms with van der Waals surface area (Å²) in [6, 6.07) is -0.166. The molecule has 1 aliphatic rings. The van der Waals surface area contributed by atoms with Crippen LogP contribution in [-0.4, -0.2) is 35.5 Å². The Hall–Kier alpha value is -0.810. The highest BCUT2D eigenvalue weighted by atomic mass is 16.7. The molecule has 0 aromatic heterocycles. The maximum Gasteiger partial charge on any atom is 0.431 e. The molecular formula is C4H8N2O3. The van der Waals surface area contributed by atoms with Gasteiger partial charge in [0.15, 0.2) is 0 Å². The first-order valence-electron chi connectivity index (χ1n) is 2.59. The van der Waals surface area contributed by atoms with Crippen molar-refractivity contribution in [1.82, 2.24) is 5.06 Å². The summed E-state index contributed by atoms with van der Waals surface area (Å²) in [5.74, 6) is 0. The number of hydroxylamine groups is 2. The lowest BCUT2D eigenvalue weighted by Crippen LogP contribution is -2.30. The van der Waals surface area contributed by atoms with Crippen molar-refractivity contribution >= 4 is 6.09 Å². The van der Waals surface area contributed by atoms with Crippen molar-refractivity contribution in [2.75, 3.05) is 13.2 Å². The van der Waals surface area contributed by atoms with Gasteiger partial charge in [-0.15, -0.1) is 0 Å². The van der Waals surface area contributed by atoms with E-state index in [9.17, 15) is 4.79 Å². The van der Waals surface area contributed by atoms with Gasteiger partial charge in [-0.3, -0.25) is 4.84 Å². The van der Waals surface area contributed by atoms with E-state index in [4.69, 9.17) is 10.8 Å². The van der Waals surface area contributed by atoms with Gasteiger partial charge >= 0.3 is 6.09 Å². The van der Waals surface area contributed by atoms with Crippen LogP contribution in [0.3, 0.4) is 0 Å². The molecule has 0 unspecified atom stereocenters. The lowest BCUT2D eigenvalue weighted by atomic mass is 10.4. The molecule has 1 atom stereocenters. The van der Waals surface area contributed by atoms with Crippen LogP contribution in [0.25, 0.3) is 0 Å². The van der Waals surface area contributed by atoms with Crippen LogP contribution in [0.1, 0.15) is 0 Å². The summed E-state index contributed by atoms with van der Waals surface area (Å²) in [6.45, 7) is 0.571. The van der Waals surface area contributed by atoms with Crippen LogP contribution in [0.2, 0.25) is 0 Å². The van der Waals surface area contributed by atoms with Gasteiger partial charge in [0, 0.05) is 0 Å². The van der Waals surface area contributed by atoms with E-state index < -0.39 is 6.09 Å². The van der Waals surface area contributed by atoms with Crippen LogP contribution in [-0.2, 0) is 4.84 Å². The summed E-state index contributed by atoms with van der Waals surface area (Å²) in [4.78, 5) is 14.7. The molecule has 0 aromatic carbocycles. The Morgan fingerprint density at radius 3 is 2.78 bits per heavy atom. The van der Waals surface area contributed by atoms with Crippen molar-refractivity contribution in [3.05, 3.63) is 0 Å². The van der Waals surface area contributed by atoms with Gasteiger partial charge in [-0.2, -0.15) is 5.06 Å². The average molecular weight is 132 g/mol. The third kappa shape index (κ3) is 1.30. The van der Waals surface area contributed by atoms with Crippen molar-refractivity contribution in [3.8, 4) is 0 Å². The highest BCUT2D eigenvalue weighted by molar-refractivity contribution is 5.63. The SMILES string of the molecule is N[C@H]1CON(C(=O)O)C1. The topological polar surface area (TPSA) is 75.8 Å². The summed E-state index contributed by atoms with van der Waals surface area (Å²) in [5, 5.41) is 9.11. The van der Waals surface area contributed by atoms with Crippen molar-refractivity contribution in [1.29, 1.82) is 0 Å². The van der Waals surface area contributed by atoms with Crippen molar-refractivity contribution in [2.24, 2.45) is 5.73 Å². The molecule has 1 amide bonds. The van der Waals surface area contributed by atoms with E-state index in [2.05, 4.69) is 4.84 Å². The third-order valence-electron chi connectivity index (χ3n) is 1.06. The smallest absolute Gasteiger partial charge is 0.431 e. The number of carboxylic acid groups (broad SMARTS) is 1. The molecule has 1 aliphatic heterocycles. The minimum atomic E-state index is -1.08. The molecule has 1 heterocycles. The van der Waals surface area contributed by atoms with Gasteiger partial charge in [0.2, 0.25) is 0 Å².